The second-order valence-corrected chi connectivity index (χ2v) is 6.77. The molecule has 0 aromatic heterocycles. The van der Waals surface area contributed by atoms with E-state index in [1.54, 1.807) is 4.90 Å². The van der Waals surface area contributed by atoms with Gasteiger partial charge in [0.1, 0.15) is 11.6 Å². The van der Waals surface area contributed by atoms with Crippen molar-refractivity contribution in [2.75, 3.05) is 6.54 Å². The maximum atomic E-state index is 12.6. The van der Waals surface area contributed by atoms with Gasteiger partial charge in [0.15, 0.2) is 0 Å². The molecule has 1 rings (SSSR count). The Morgan fingerprint density at radius 3 is 2.40 bits per heavy atom. The zero-order valence-electron chi connectivity index (χ0n) is 13.7. The molecule has 1 atom stereocenters. The van der Waals surface area contributed by atoms with E-state index in [0.29, 0.717) is 18.9 Å². The first-order chi connectivity index (χ1) is 9.30. The van der Waals surface area contributed by atoms with Crippen LogP contribution in [0.2, 0.25) is 0 Å². The molecule has 4 nitrogen and oxygen atoms in total. The van der Waals surface area contributed by atoms with Gasteiger partial charge in [0.2, 0.25) is 11.8 Å². The van der Waals surface area contributed by atoms with Gasteiger partial charge < -0.3 is 10.2 Å². The summed E-state index contributed by atoms with van der Waals surface area (Å²) in [6.07, 6.45) is 5.17. The molecule has 0 bridgehead atoms. The molecule has 116 valence electrons. The van der Waals surface area contributed by atoms with E-state index in [0.717, 1.165) is 12.8 Å². The predicted molar refractivity (Wildman–Crippen MR) is 81.3 cm³/mol. The number of nitrogens with one attached hydrogen (secondary N) is 1. The highest BCUT2D eigenvalue weighted by atomic mass is 16.2. The van der Waals surface area contributed by atoms with Gasteiger partial charge >= 0.3 is 0 Å². The van der Waals surface area contributed by atoms with Crippen LogP contribution in [-0.2, 0) is 9.59 Å². The van der Waals surface area contributed by atoms with Crippen LogP contribution in [0.5, 0.6) is 0 Å². The summed E-state index contributed by atoms with van der Waals surface area (Å²) in [5, 5.41) is 2.89. The first-order valence-electron chi connectivity index (χ1n) is 7.93. The Balaban J connectivity index is 2.74. The third kappa shape index (κ3) is 3.97. The fraction of sp³-hybridized carbons (Fsp3) is 0.875. The molecule has 0 aromatic carbocycles. The maximum Gasteiger partial charge on any atom is 0.246 e. The number of hydrogen-bond donors (Lipinski definition) is 1. The zero-order valence-corrected chi connectivity index (χ0v) is 13.7. The minimum absolute atomic E-state index is 0.0294. The standard InChI is InChI=1S/C16H30N2O2/c1-6-7-8-9-10-18-14(19)13(11-12(2)3)17-15(20)16(18,4)5/h12-13H,6-11H2,1-5H3,(H,17,20). The third-order valence-electron chi connectivity index (χ3n) is 4.04. The molecule has 0 radical (unpaired) electrons. The molecule has 20 heavy (non-hydrogen) atoms. The summed E-state index contributed by atoms with van der Waals surface area (Å²) >= 11 is 0. The lowest BCUT2D eigenvalue weighted by atomic mass is 9.92. The minimum Gasteiger partial charge on any atom is -0.342 e. The molecule has 1 aliphatic heterocycles. The molecule has 0 aliphatic carbocycles. The van der Waals surface area contributed by atoms with Gasteiger partial charge in [-0.1, -0.05) is 40.0 Å². The highest BCUT2D eigenvalue weighted by Gasteiger charge is 2.45. The second-order valence-electron chi connectivity index (χ2n) is 6.77. The van der Waals surface area contributed by atoms with E-state index in [-0.39, 0.29) is 17.9 Å². The highest BCUT2D eigenvalue weighted by Crippen LogP contribution is 2.24. The first kappa shape index (κ1) is 17.0. The largest absolute Gasteiger partial charge is 0.342 e. The van der Waals surface area contributed by atoms with Gasteiger partial charge in [0.05, 0.1) is 0 Å². The number of hydrogen-bond acceptors (Lipinski definition) is 2. The quantitative estimate of drug-likeness (QED) is 0.730. The molecule has 1 N–H and O–H groups in total. The Bertz CT molecular complexity index is 350. The molecule has 4 heteroatoms. The summed E-state index contributed by atoms with van der Waals surface area (Å²) < 4.78 is 0. The smallest absolute Gasteiger partial charge is 0.246 e. The number of carbonyl (C=O) groups excluding carboxylic acids is 2. The highest BCUT2D eigenvalue weighted by molar-refractivity contribution is 5.99. The van der Waals surface area contributed by atoms with Crippen molar-refractivity contribution in [1.82, 2.24) is 10.2 Å². The van der Waals surface area contributed by atoms with Gasteiger partial charge in [-0.25, -0.2) is 0 Å². The van der Waals surface area contributed by atoms with Crippen molar-refractivity contribution in [1.29, 1.82) is 0 Å². The number of piperazine rings is 1. The molecule has 1 unspecified atom stereocenters. The van der Waals surface area contributed by atoms with Crippen molar-refractivity contribution in [3.05, 3.63) is 0 Å². The summed E-state index contributed by atoms with van der Waals surface area (Å²) in [7, 11) is 0. The van der Waals surface area contributed by atoms with Crippen molar-refractivity contribution < 1.29 is 9.59 Å². The van der Waals surface area contributed by atoms with Crippen LogP contribution in [0, 0.1) is 5.92 Å². The molecule has 1 saturated heterocycles. The molecular weight excluding hydrogens is 252 g/mol. The molecule has 1 heterocycles. The van der Waals surface area contributed by atoms with Crippen LogP contribution in [0.3, 0.4) is 0 Å². The van der Waals surface area contributed by atoms with E-state index in [9.17, 15) is 9.59 Å². The summed E-state index contributed by atoms with van der Waals surface area (Å²) in [5.41, 5.74) is -0.725. The Labute approximate surface area is 123 Å². The van der Waals surface area contributed by atoms with Crippen LogP contribution in [0.25, 0.3) is 0 Å². The molecular formula is C16H30N2O2. The fourth-order valence-electron chi connectivity index (χ4n) is 2.70. The van der Waals surface area contributed by atoms with Gasteiger partial charge in [-0.2, -0.15) is 0 Å². The number of rotatable bonds is 7. The van der Waals surface area contributed by atoms with E-state index in [2.05, 4.69) is 26.1 Å². The van der Waals surface area contributed by atoms with Gasteiger partial charge in [-0.3, -0.25) is 9.59 Å². The number of nitrogens with zero attached hydrogens (tertiary/aromatic N) is 1. The Morgan fingerprint density at radius 1 is 1.20 bits per heavy atom. The SMILES string of the molecule is CCCCCCN1C(=O)C(CC(C)C)NC(=O)C1(C)C. The third-order valence-corrected chi connectivity index (χ3v) is 4.04. The van der Waals surface area contributed by atoms with Crippen LogP contribution in [0.1, 0.15) is 66.7 Å². The summed E-state index contributed by atoms with van der Waals surface area (Å²) in [5.74, 6) is 0.449. The van der Waals surface area contributed by atoms with Gasteiger partial charge in [-0.05, 0) is 32.6 Å². The van der Waals surface area contributed by atoms with Crippen molar-refractivity contribution in [3.8, 4) is 0 Å². The number of carbonyl (C=O) groups is 2. The van der Waals surface area contributed by atoms with Crippen LogP contribution in [0.4, 0.5) is 0 Å². The van der Waals surface area contributed by atoms with Gasteiger partial charge in [-0.15, -0.1) is 0 Å². The Morgan fingerprint density at radius 2 is 1.85 bits per heavy atom. The summed E-state index contributed by atoms with van der Waals surface area (Å²) in [6.45, 7) is 10.7. The van der Waals surface area contributed by atoms with Crippen molar-refractivity contribution in [2.24, 2.45) is 5.92 Å². The minimum atomic E-state index is -0.725. The van der Waals surface area contributed by atoms with E-state index in [4.69, 9.17) is 0 Å². The average molecular weight is 282 g/mol. The van der Waals surface area contributed by atoms with Crippen LogP contribution in [-0.4, -0.2) is 34.8 Å². The van der Waals surface area contributed by atoms with Crippen molar-refractivity contribution >= 4 is 11.8 Å². The Kier molecular flexibility index (Phi) is 6.03. The van der Waals surface area contributed by atoms with Gasteiger partial charge in [0.25, 0.3) is 0 Å². The molecule has 1 fully saturated rings. The van der Waals surface area contributed by atoms with Gasteiger partial charge in [0, 0.05) is 6.54 Å². The van der Waals surface area contributed by atoms with Crippen LogP contribution < -0.4 is 5.32 Å². The predicted octanol–water partition coefficient (Wildman–Crippen LogP) is 2.72. The second kappa shape index (κ2) is 7.09. The lowest BCUT2D eigenvalue weighted by Crippen LogP contribution is -2.68. The number of amides is 2. The van der Waals surface area contributed by atoms with Crippen molar-refractivity contribution in [3.63, 3.8) is 0 Å². The van der Waals surface area contributed by atoms with E-state index in [1.165, 1.54) is 12.8 Å². The van der Waals surface area contributed by atoms with Crippen LogP contribution >= 0.6 is 0 Å². The lowest BCUT2D eigenvalue weighted by Gasteiger charge is -2.44. The Hall–Kier alpha value is -1.06. The molecule has 1 aliphatic rings. The summed E-state index contributed by atoms with van der Waals surface area (Å²) in [4.78, 5) is 26.6. The van der Waals surface area contributed by atoms with Crippen LogP contribution in [0.15, 0.2) is 0 Å². The fourth-order valence-corrected chi connectivity index (χ4v) is 2.70. The zero-order chi connectivity index (χ0) is 15.3. The van der Waals surface area contributed by atoms with E-state index >= 15 is 0 Å². The normalized spacial score (nSPS) is 22.3. The molecule has 0 spiro atoms. The first-order valence-corrected chi connectivity index (χ1v) is 7.93. The summed E-state index contributed by atoms with van der Waals surface area (Å²) in [6, 6.07) is -0.346. The molecule has 0 saturated carbocycles. The van der Waals surface area contributed by atoms with Crippen molar-refractivity contribution in [2.45, 2.75) is 78.3 Å². The topological polar surface area (TPSA) is 49.4 Å². The average Bonchev–Trinajstić information content (AvgIpc) is 2.35. The monoisotopic (exact) mass is 282 g/mol. The number of unbranched alkanes of at least 4 members (excludes halogenated alkanes) is 3. The van der Waals surface area contributed by atoms with E-state index in [1.807, 2.05) is 13.8 Å². The van der Waals surface area contributed by atoms with E-state index < -0.39 is 5.54 Å². The lowest BCUT2D eigenvalue weighted by molar-refractivity contribution is -0.155. The maximum absolute atomic E-state index is 12.6. The molecule has 0 aromatic rings. The molecule has 2 amide bonds.